The molecule has 1 heterocycles. The Morgan fingerprint density at radius 1 is 1.30 bits per heavy atom. The number of esters is 1. The molecule has 0 saturated carbocycles. The maximum atomic E-state index is 12.5. The van der Waals surface area contributed by atoms with Crippen molar-refractivity contribution in [3.05, 3.63) is 39.9 Å². The topological polar surface area (TPSA) is 58.6 Å². The van der Waals surface area contributed by atoms with E-state index in [2.05, 4.69) is 0 Å². The Morgan fingerprint density at radius 3 is 2.57 bits per heavy atom. The number of hydroxylamine groups is 4. The number of nitrogens with zero attached hydrogens (tertiary/aromatic N) is 1. The van der Waals surface area contributed by atoms with Gasteiger partial charge in [-0.15, -0.1) is 11.3 Å². The molecule has 0 amide bonds. The normalized spacial score (nSPS) is 14.7. The molecule has 2 aromatic rings. The molecule has 0 fully saturated rings. The number of benzene rings is 1. The number of thiophene rings is 1. The number of rotatable bonds is 5. The molecule has 0 bridgehead atoms. The number of hydrogen-bond donors (Lipinski definition) is 0. The lowest BCUT2D eigenvalue weighted by molar-refractivity contribution is -1.06. The fourth-order valence-corrected chi connectivity index (χ4v) is 3.44. The van der Waals surface area contributed by atoms with Crippen molar-refractivity contribution in [3.63, 3.8) is 0 Å². The van der Waals surface area contributed by atoms with Gasteiger partial charge in [0.05, 0.1) is 7.05 Å². The van der Waals surface area contributed by atoms with Crippen LogP contribution in [-0.2, 0) is 16.1 Å². The number of hydrogen-bond acceptors (Lipinski definition) is 5. The Labute approximate surface area is 140 Å². The van der Waals surface area contributed by atoms with Crippen molar-refractivity contribution in [1.29, 1.82) is 0 Å². The molecule has 0 radical (unpaired) electrons. The van der Waals surface area contributed by atoms with Crippen molar-refractivity contribution in [2.24, 2.45) is 0 Å². The molecule has 0 aliphatic carbocycles. The second kappa shape index (κ2) is 6.57. The summed E-state index contributed by atoms with van der Waals surface area (Å²) in [6.07, 6.45) is 0. The molecule has 1 aromatic carbocycles. The van der Waals surface area contributed by atoms with E-state index in [1.54, 1.807) is 6.92 Å². The Kier molecular flexibility index (Phi) is 5.10. The molecular formula is C17H23NO4S. The van der Waals surface area contributed by atoms with E-state index in [0.717, 1.165) is 10.1 Å². The molecule has 5 nitrogen and oxygen atoms in total. The lowest BCUT2D eigenvalue weighted by atomic mass is 10.1. The van der Waals surface area contributed by atoms with E-state index in [4.69, 9.17) is 9.57 Å². The van der Waals surface area contributed by atoms with Gasteiger partial charge in [-0.05, 0) is 33.8 Å². The molecule has 126 valence electrons. The Morgan fingerprint density at radius 2 is 1.96 bits per heavy atom. The van der Waals surface area contributed by atoms with E-state index < -0.39 is 16.4 Å². The van der Waals surface area contributed by atoms with Gasteiger partial charge in [-0.3, -0.25) is 0 Å². The van der Waals surface area contributed by atoms with Crippen LogP contribution in [0.1, 0.15) is 42.9 Å². The molecule has 0 saturated heterocycles. The number of carbonyl (C=O) groups excluding carboxylic acids is 1. The molecule has 1 aromatic heterocycles. The van der Waals surface area contributed by atoms with Gasteiger partial charge in [-0.2, -0.15) is 0 Å². The molecule has 1 unspecified atom stereocenters. The van der Waals surface area contributed by atoms with Gasteiger partial charge in [0.1, 0.15) is 23.6 Å². The zero-order valence-electron chi connectivity index (χ0n) is 14.2. The van der Waals surface area contributed by atoms with E-state index >= 15 is 0 Å². The van der Waals surface area contributed by atoms with Crippen molar-refractivity contribution >= 4 is 27.4 Å². The first-order valence-electron chi connectivity index (χ1n) is 7.58. The van der Waals surface area contributed by atoms with Gasteiger partial charge in [0, 0.05) is 15.6 Å². The molecule has 23 heavy (non-hydrogen) atoms. The average molecular weight is 337 g/mol. The van der Waals surface area contributed by atoms with Crippen LogP contribution in [0.15, 0.2) is 24.3 Å². The average Bonchev–Trinajstić information content (AvgIpc) is 2.75. The number of fused-ring (bicyclic) bond motifs is 1. The molecule has 0 spiro atoms. The fraction of sp³-hybridized carbons (Fsp3) is 0.471. The molecular weight excluding hydrogens is 314 g/mol. The molecule has 1 atom stereocenters. The molecule has 0 aliphatic heterocycles. The van der Waals surface area contributed by atoms with E-state index in [0.29, 0.717) is 17.0 Å². The van der Waals surface area contributed by atoms with Crippen LogP contribution in [0.3, 0.4) is 0 Å². The predicted octanol–water partition coefficient (Wildman–Crippen LogP) is 4.25. The van der Waals surface area contributed by atoms with Gasteiger partial charge in [-0.25, -0.2) is 14.4 Å². The number of carbonyl (C=O) groups is 1. The van der Waals surface area contributed by atoms with Crippen LogP contribution >= 0.6 is 11.3 Å². The summed E-state index contributed by atoms with van der Waals surface area (Å²) in [5, 5.41) is 13.3. The highest BCUT2D eigenvalue weighted by Crippen LogP contribution is 2.34. The van der Waals surface area contributed by atoms with Gasteiger partial charge in [-0.1, -0.05) is 18.2 Å². The summed E-state index contributed by atoms with van der Waals surface area (Å²) >= 11 is 1.35. The maximum absolute atomic E-state index is 12.5. The van der Waals surface area contributed by atoms with Crippen molar-refractivity contribution in [1.82, 2.24) is 0 Å². The van der Waals surface area contributed by atoms with Gasteiger partial charge >= 0.3 is 5.97 Å². The minimum absolute atomic E-state index is 0.0619. The van der Waals surface area contributed by atoms with E-state index in [-0.39, 0.29) is 6.54 Å². The summed E-state index contributed by atoms with van der Waals surface area (Å²) < 4.78 is 6.45. The van der Waals surface area contributed by atoms with E-state index in [1.807, 2.05) is 45.0 Å². The third-order valence-corrected chi connectivity index (χ3v) is 4.32. The summed E-state index contributed by atoms with van der Waals surface area (Å²) in [4.78, 5) is 17.3. The second-order valence-corrected chi connectivity index (χ2v) is 7.55. The Hall–Kier alpha value is -1.47. The quantitative estimate of drug-likeness (QED) is 0.465. The summed E-state index contributed by atoms with van der Waals surface area (Å²) in [7, 11) is 1.44. The molecule has 2 rings (SSSR count). The first-order chi connectivity index (χ1) is 10.6. The third-order valence-electron chi connectivity index (χ3n) is 3.13. The lowest BCUT2D eigenvalue weighted by Crippen LogP contribution is -2.37. The molecule has 0 aliphatic rings. The highest BCUT2D eigenvalue weighted by Gasteiger charge is 2.27. The predicted molar refractivity (Wildman–Crippen MR) is 91.9 cm³/mol. The third kappa shape index (κ3) is 4.51. The van der Waals surface area contributed by atoms with Crippen LogP contribution in [0.25, 0.3) is 10.1 Å². The lowest BCUT2D eigenvalue weighted by Gasteiger charge is -2.34. The highest BCUT2D eigenvalue weighted by atomic mass is 32.1. The van der Waals surface area contributed by atoms with Crippen LogP contribution in [0, 0.1) is 5.21 Å². The minimum atomic E-state index is -0.882. The van der Waals surface area contributed by atoms with Crippen molar-refractivity contribution in [3.8, 4) is 0 Å². The highest BCUT2D eigenvalue weighted by molar-refractivity contribution is 7.21. The van der Waals surface area contributed by atoms with Crippen LogP contribution < -0.4 is 0 Å². The summed E-state index contributed by atoms with van der Waals surface area (Å²) in [5.74, 6) is -0.398. The van der Waals surface area contributed by atoms with E-state index in [9.17, 15) is 10.0 Å². The smallest absolute Gasteiger partial charge is 0.349 e. The Balaban J connectivity index is 2.47. The van der Waals surface area contributed by atoms with Gasteiger partial charge in [0.15, 0.2) is 0 Å². The van der Waals surface area contributed by atoms with Crippen LogP contribution in [0.2, 0.25) is 0 Å². The van der Waals surface area contributed by atoms with Gasteiger partial charge in [0.2, 0.25) is 0 Å². The van der Waals surface area contributed by atoms with Gasteiger partial charge < -0.3 is 9.94 Å². The van der Waals surface area contributed by atoms with Crippen LogP contribution in [0.4, 0.5) is 0 Å². The first-order valence-corrected chi connectivity index (χ1v) is 8.39. The van der Waals surface area contributed by atoms with Crippen molar-refractivity contribution in [2.45, 2.75) is 39.8 Å². The first kappa shape index (κ1) is 17.9. The Bertz CT molecular complexity index is 700. The number of quaternary nitrogens is 1. The summed E-state index contributed by atoms with van der Waals surface area (Å²) in [6.45, 7) is 7.62. The SMILES string of the molecule is CCO[N+](C)([O-])Cc1c(C(=O)OC(C)(C)C)sc2ccccc12. The van der Waals surface area contributed by atoms with Crippen LogP contribution in [0.5, 0.6) is 0 Å². The second-order valence-electron chi connectivity index (χ2n) is 6.50. The standard InChI is InChI=1S/C17H23NO4S/c1-6-21-18(5,20)11-13-12-9-7-8-10-14(12)23-15(13)16(19)22-17(2,3)4/h7-10H,6,11H2,1-5H3. The zero-order valence-corrected chi connectivity index (χ0v) is 15.0. The number of ether oxygens (including phenoxy) is 1. The largest absolute Gasteiger partial charge is 0.598 e. The van der Waals surface area contributed by atoms with Crippen LogP contribution in [-0.4, -0.2) is 30.0 Å². The van der Waals surface area contributed by atoms with Gasteiger partial charge in [0.25, 0.3) is 0 Å². The fourth-order valence-electron chi connectivity index (χ4n) is 2.35. The maximum Gasteiger partial charge on any atom is 0.349 e. The van der Waals surface area contributed by atoms with Crippen molar-refractivity contribution in [2.75, 3.05) is 13.7 Å². The van der Waals surface area contributed by atoms with Crippen molar-refractivity contribution < 1.29 is 19.2 Å². The summed E-state index contributed by atoms with van der Waals surface area (Å²) in [6, 6.07) is 7.66. The zero-order chi connectivity index (χ0) is 17.3. The monoisotopic (exact) mass is 337 g/mol. The summed E-state index contributed by atoms with van der Waals surface area (Å²) in [5.41, 5.74) is 0.103. The molecule has 0 N–H and O–H groups in total. The minimum Gasteiger partial charge on any atom is -0.598 e. The van der Waals surface area contributed by atoms with E-state index in [1.165, 1.54) is 18.4 Å². The molecule has 6 heteroatoms.